The van der Waals surface area contributed by atoms with Gasteiger partial charge in [-0.05, 0) is 103 Å². The molecule has 6 heteroatoms. The van der Waals surface area contributed by atoms with Crippen LogP contribution in [-0.2, 0) is 38.3 Å². The van der Waals surface area contributed by atoms with Crippen LogP contribution in [0.4, 0.5) is 0 Å². The van der Waals surface area contributed by atoms with Crippen molar-refractivity contribution in [2.45, 2.75) is 65.7 Å². The Morgan fingerprint density at radius 2 is 1.30 bits per heavy atom. The minimum Gasteiger partial charge on any atom is -0.510 e. The van der Waals surface area contributed by atoms with Crippen molar-refractivity contribution >= 4 is 32.8 Å². The smallest absolute Gasteiger partial charge is 0.268 e. The fourth-order valence-corrected chi connectivity index (χ4v) is 9.24. The van der Waals surface area contributed by atoms with Gasteiger partial charge in [-0.25, -0.2) is 4.98 Å². The molecule has 0 radical (unpaired) electrons. The molecule has 0 aliphatic carbocycles. The van der Waals surface area contributed by atoms with Gasteiger partial charge in [-0.1, -0.05) is 181 Å². The number of nitrogens with zero attached hydrogens (tertiary/aromatic N) is 4. The van der Waals surface area contributed by atoms with Crippen molar-refractivity contribution in [3.63, 3.8) is 0 Å². The summed E-state index contributed by atoms with van der Waals surface area (Å²) in [6.45, 7) is 15.4. The zero-order valence-electron chi connectivity index (χ0n) is 45.2. The topological polar surface area (TPSA) is 35.9 Å². The molecule has 11 aromatic rings. The molecule has 8 aromatic carbocycles. The van der Waals surface area contributed by atoms with Crippen molar-refractivity contribution in [2.24, 2.45) is 0 Å². The van der Waals surface area contributed by atoms with Gasteiger partial charge in [-0.15, -0.1) is 29.7 Å². The molecule has 3 aromatic heterocycles. The third kappa shape index (κ3) is 8.69. The molecular weight excluding hydrogens is 1040 g/mol. The van der Waals surface area contributed by atoms with E-state index in [1.165, 1.54) is 5.56 Å². The van der Waals surface area contributed by atoms with Crippen LogP contribution >= 0.6 is 0 Å². The zero-order chi connectivity index (χ0) is 51.8. The number of para-hydroxylation sites is 2. The maximum Gasteiger partial charge on any atom is 0.268 e. The third-order valence-corrected chi connectivity index (χ3v) is 13.0. The van der Waals surface area contributed by atoms with Crippen molar-refractivity contribution in [2.75, 3.05) is 0 Å². The van der Waals surface area contributed by atoms with Crippen LogP contribution in [-0.4, -0.2) is 14.1 Å². The first-order chi connectivity index (χ1) is 35.5. The van der Waals surface area contributed by atoms with Crippen LogP contribution in [0.2, 0.25) is 0 Å². The van der Waals surface area contributed by atoms with E-state index in [0.717, 1.165) is 78.5 Å². The van der Waals surface area contributed by atoms with Crippen LogP contribution in [0, 0.1) is 18.5 Å². The molecule has 0 amide bonds. The summed E-state index contributed by atoms with van der Waals surface area (Å²) in [4.78, 5) is 4.80. The summed E-state index contributed by atoms with van der Waals surface area (Å²) >= 11 is 0. The molecule has 0 N–H and O–H groups in total. The largest absolute Gasteiger partial charge is 0.510 e. The molecule has 0 saturated heterocycles. The number of rotatable bonds is 9. The van der Waals surface area contributed by atoms with E-state index in [1.807, 2.05) is 88.1 Å². The number of hydrogen-bond acceptors (Lipinski definition) is 2. The van der Waals surface area contributed by atoms with Gasteiger partial charge in [-0.2, -0.15) is 18.2 Å². The van der Waals surface area contributed by atoms with Gasteiger partial charge in [0.2, 0.25) is 0 Å². The van der Waals surface area contributed by atoms with Crippen molar-refractivity contribution in [3.05, 3.63) is 223 Å². The first-order valence-electron chi connectivity index (χ1n) is 26.0. The Morgan fingerprint density at radius 3 is 2.04 bits per heavy atom. The van der Waals surface area contributed by atoms with Gasteiger partial charge in [0.15, 0.2) is 0 Å². The van der Waals surface area contributed by atoms with Crippen LogP contribution in [0.3, 0.4) is 0 Å². The Hall–Kier alpha value is -7.33. The predicted octanol–water partition coefficient (Wildman–Crippen LogP) is 15.7. The van der Waals surface area contributed by atoms with E-state index < -0.39 is 18.1 Å². The van der Waals surface area contributed by atoms with E-state index in [4.69, 9.17) is 13.8 Å². The molecule has 70 heavy (non-hydrogen) atoms. The summed E-state index contributed by atoms with van der Waals surface area (Å²) in [5.41, 5.74) is 12.0. The molecule has 11 rings (SSSR count). The van der Waals surface area contributed by atoms with Crippen molar-refractivity contribution in [3.8, 4) is 62.1 Å². The molecular formula is C64H54N4OPt-2. The van der Waals surface area contributed by atoms with Gasteiger partial charge in [0, 0.05) is 44.3 Å². The van der Waals surface area contributed by atoms with Crippen LogP contribution < -0.4 is 9.30 Å². The van der Waals surface area contributed by atoms with Crippen molar-refractivity contribution in [1.29, 1.82) is 0 Å². The van der Waals surface area contributed by atoms with E-state index in [1.54, 1.807) is 0 Å². The maximum atomic E-state index is 9.33. The molecule has 0 aliphatic rings. The summed E-state index contributed by atoms with van der Waals surface area (Å²) in [6, 6.07) is 56.5. The molecule has 0 aliphatic heterocycles. The van der Waals surface area contributed by atoms with Gasteiger partial charge in [0.05, 0.1) is 23.6 Å². The monoisotopic (exact) mass is 1090 g/mol. The number of imidazole rings is 1. The standard InChI is InChI=1S/C64H54N4O.Pt/c1-8-43-33-34-65-61(35-43)68-57-28-16-15-25-55(57)56-31-30-52(41-59(56)68)69-51-24-17-23-50(40-51)66-42-67(60-38-46(29-32-58(60)66)44-19-11-9-12-20-44)62-53(45-21-13-10-14-22-45)26-18-27-54(62)47-36-48(63(2,3)4)39-49(37-47)64(5,6)7;/h9-39H,8H2,1-7H3;/q-2;/i10D,13D,14D,21D,22D;. The molecule has 0 atom stereocenters. The Balaban J connectivity index is 0.00000641. The number of benzene rings is 8. The maximum absolute atomic E-state index is 9.33. The molecule has 348 valence electrons. The second kappa shape index (κ2) is 18.5. The van der Waals surface area contributed by atoms with Crippen molar-refractivity contribution < 1.29 is 37.2 Å². The molecule has 3 heterocycles. The molecule has 0 bridgehead atoms. The molecule has 0 saturated carbocycles. The fourth-order valence-electron chi connectivity index (χ4n) is 9.24. The number of pyridine rings is 1. The van der Waals surface area contributed by atoms with Gasteiger partial charge in [0.1, 0.15) is 5.82 Å². The van der Waals surface area contributed by atoms with E-state index in [9.17, 15) is 2.74 Å². The second-order valence-electron chi connectivity index (χ2n) is 19.7. The first kappa shape index (κ1) is 40.5. The molecule has 0 unspecified atom stereocenters. The minimum absolute atomic E-state index is 0. The van der Waals surface area contributed by atoms with Crippen LogP contribution in [0.5, 0.6) is 11.5 Å². The Bertz CT molecular complexity index is 3960. The normalized spacial score (nSPS) is 12.9. The molecule has 0 fully saturated rings. The first-order valence-corrected chi connectivity index (χ1v) is 23.5. The summed E-state index contributed by atoms with van der Waals surface area (Å²) in [7, 11) is 0. The fraction of sp³-hybridized carbons (Fsp3) is 0.156. The van der Waals surface area contributed by atoms with E-state index in [0.29, 0.717) is 28.4 Å². The average Bonchev–Trinajstić information content (AvgIpc) is 3.95. The number of hydrogen-bond donors (Lipinski definition) is 0. The second-order valence-corrected chi connectivity index (χ2v) is 19.7. The summed E-state index contributed by atoms with van der Waals surface area (Å²) in [5, 5.41) is 2.12. The van der Waals surface area contributed by atoms with Gasteiger partial charge in [-0.3, -0.25) is 4.57 Å². The van der Waals surface area contributed by atoms with Crippen LogP contribution in [0.25, 0.3) is 83.4 Å². The molecule has 5 nitrogen and oxygen atoms in total. The van der Waals surface area contributed by atoms with Crippen LogP contribution in [0.1, 0.15) is 72.0 Å². The molecule has 0 spiro atoms. The Kier molecular flexibility index (Phi) is 10.7. The van der Waals surface area contributed by atoms with E-state index in [2.05, 4.69) is 150 Å². The Labute approximate surface area is 433 Å². The minimum atomic E-state index is -0.450. The van der Waals surface area contributed by atoms with Gasteiger partial charge in [0.25, 0.3) is 6.33 Å². The zero-order valence-corrected chi connectivity index (χ0v) is 42.5. The number of fused-ring (bicyclic) bond motifs is 4. The van der Waals surface area contributed by atoms with E-state index in [-0.39, 0.29) is 49.5 Å². The van der Waals surface area contributed by atoms with Gasteiger partial charge < -0.3 is 13.9 Å². The van der Waals surface area contributed by atoms with Crippen LogP contribution in [0.15, 0.2) is 188 Å². The Morgan fingerprint density at radius 1 is 0.600 bits per heavy atom. The summed E-state index contributed by atoms with van der Waals surface area (Å²) < 4.78 is 57.6. The quantitative estimate of drug-likeness (QED) is 0.107. The van der Waals surface area contributed by atoms with Crippen molar-refractivity contribution in [1.82, 2.24) is 14.1 Å². The predicted molar refractivity (Wildman–Crippen MR) is 283 cm³/mol. The average molecular weight is 1100 g/mol. The third-order valence-electron chi connectivity index (χ3n) is 13.0. The number of aryl methyl sites for hydroxylation is 1. The number of aromatic nitrogens is 4. The summed E-state index contributed by atoms with van der Waals surface area (Å²) in [5.74, 6) is 1.78. The summed E-state index contributed by atoms with van der Waals surface area (Å²) in [6.07, 6.45) is 6.47. The number of ether oxygens (including phenoxy) is 1. The SMILES string of the molecule is [2H]c1c([2H])c([2H])c(-c2cccc(-c3cc(C(C)(C)C)cc(C(C)(C)C)c3)c2-[n+]2[c-]n(-c3[c-]c(Oc4[c-]c5c(cc4)c4ccccc4n5-c4cc(CC)ccn4)ccc3)c3ccc(-c4ccccc4)cc32)c([2H])c1[2H].[Pt]. The van der Waals surface area contributed by atoms with Gasteiger partial charge >= 0.3 is 0 Å². The van der Waals surface area contributed by atoms with E-state index >= 15 is 0 Å².